The lowest BCUT2D eigenvalue weighted by atomic mass is 10.1. The molecule has 0 saturated carbocycles. The Balaban J connectivity index is 0.000000136. The number of hydrogen-bond acceptors (Lipinski definition) is 14. The average molecular weight is 1540 g/mol. The fraction of sp³-hybridized carbons (Fsp3) is 0.0392. The summed E-state index contributed by atoms with van der Waals surface area (Å²) in [5.74, 6) is 0. The average Bonchev–Trinajstić information content (AvgIpc) is 0.817. The van der Waals surface area contributed by atoms with Crippen molar-refractivity contribution in [2.45, 2.75) is 0 Å². The van der Waals surface area contributed by atoms with Gasteiger partial charge in [-0.3, -0.25) is 20.2 Å². The number of nitro groups is 2. The molecule has 0 aliphatic carbocycles. The monoisotopic (exact) mass is 1540 g/mol. The van der Waals surface area contributed by atoms with Crippen molar-refractivity contribution in [3.63, 3.8) is 0 Å². The maximum Gasteiger partial charge on any atom is 0.271 e. The number of rotatable bonds is 22. The molecule has 0 saturated heterocycles. The van der Waals surface area contributed by atoms with E-state index >= 15 is 0 Å². The number of non-ortho nitro benzene ring substituents is 2. The third kappa shape index (κ3) is 20.1. The number of benzene rings is 16. The van der Waals surface area contributed by atoms with Gasteiger partial charge in [-0.2, -0.15) is 10.5 Å². The maximum atomic E-state index is 11.1. The Morgan fingerprint density at radius 2 is 0.381 bits per heavy atom. The van der Waals surface area contributed by atoms with Gasteiger partial charge in [-0.05, 0) is 255 Å². The Labute approximate surface area is 689 Å². The number of nitrogens with zero attached hydrogens (tertiary/aromatic N) is 12. The van der Waals surface area contributed by atoms with Crippen LogP contribution >= 0.6 is 0 Å². The zero-order valence-corrected chi connectivity index (χ0v) is 65.6. The third-order valence-corrected chi connectivity index (χ3v) is 19.7. The van der Waals surface area contributed by atoms with Crippen LogP contribution in [0.2, 0.25) is 0 Å². The van der Waals surface area contributed by atoms with Crippen molar-refractivity contribution in [2.24, 2.45) is 0 Å². The summed E-state index contributed by atoms with van der Waals surface area (Å²) in [6.07, 6.45) is 0. The second-order valence-corrected chi connectivity index (χ2v) is 27.2. The van der Waals surface area contributed by atoms with Crippen molar-refractivity contribution in [3.05, 3.63) is 468 Å². The summed E-state index contributed by atoms with van der Waals surface area (Å²) in [5.41, 5.74) is 22.3. The van der Waals surface area contributed by atoms with E-state index in [1.54, 1.807) is 24.3 Å². The standard InChI is InChI=1S/2C26H21N3.2C25H21N3O2/c1-28(26-14-8-9-21(19-26)20-27)22-15-17-25(18-16-22)29(23-10-4-2-5-11-23)24-12-6-3-7-13-24;1-28(22-14-12-21(20-27)13-15-22)23-16-18-26(19-17-23)29(24-8-4-2-5-9-24)25-10-6-3-7-11-25;1-26(24-13-8-14-25(19-24)28(29)30)20-15-17-23(18-16-20)27(21-9-4-2-5-10-21)22-11-6-3-7-12-22;1-26(21-14-18-25(19-15-21)28(29)30)20-12-16-24(17-13-20)27(22-8-4-2-5-9-22)23-10-6-3-7-11-23/h2*2-19H,1H3;2*2-19H,1H3. The molecule has 0 amide bonds. The summed E-state index contributed by atoms with van der Waals surface area (Å²) in [4.78, 5) is 38.2. The van der Waals surface area contributed by atoms with Gasteiger partial charge in [0.1, 0.15) is 0 Å². The molecule has 0 unspecified atom stereocenters. The van der Waals surface area contributed by atoms with Gasteiger partial charge in [0.15, 0.2) is 0 Å². The topological polar surface area (TPSA) is 160 Å². The van der Waals surface area contributed by atoms with Crippen molar-refractivity contribution in [3.8, 4) is 12.1 Å². The van der Waals surface area contributed by atoms with E-state index in [2.05, 4.69) is 272 Å². The normalized spacial score (nSPS) is 10.3. The van der Waals surface area contributed by atoms with Crippen LogP contribution in [0.15, 0.2) is 437 Å². The van der Waals surface area contributed by atoms with Crippen LogP contribution in [-0.4, -0.2) is 38.0 Å². The first kappa shape index (κ1) is 79.8. The minimum absolute atomic E-state index is 0.0790. The molecule has 0 N–H and O–H groups in total. The predicted molar refractivity (Wildman–Crippen MR) is 485 cm³/mol. The van der Waals surface area contributed by atoms with Crippen LogP contribution in [-0.2, 0) is 0 Å². The lowest BCUT2D eigenvalue weighted by Gasteiger charge is -2.26. The Morgan fingerprint density at radius 1 is 0.195 bits per heavy atom. The summed E-state index contributed by atoms with van der Waals surface area (Å²) in [6, 6.07) is 149. The zero-order valence-electron chi connectivity index (χ0n) is 65.6. The molecule has 0 fully saturated rings. The van der Waals surface area contributed by atoms with Crippen LogP contribution in [0.3, 0.4) is 0 Å². The van der Waals surface area contributed by atoms with E-state index < -0.39 is 0 Å². The van der Waals surface area contributed by atoms with E-state index in [0.717, 1.165) is 114 Å². The smallest absolute Gasteiger partial charge is 0.271 e. The third-order valence-electron chi connectivity index (χ3n) is 19.7. The fourth-order valence-electron chi connectivity index (χ4n) is 13.5. The molecular formula is C102H84N12O4. The maximum absolute atomic E-state index is 11.1. The van der Waals surface area contributed by atoms with E-state index in [4.69, 9.17) is 10.5 Å². The quantitative estimate of drug-likeness (QED) is 0.0466. The van der Waals surface area contributed by atoms with E-state index in [0.29, 0.717) is 11.1 Å². The van der Waals surface area contributed by atoms with Gasteiger partial charge in [0.25, 0.3) is 11.4 Å². The minimum Gasteiger partial charge on any atom is -0.345 e. The van der Waals surface area contributed by atoms with Gasteiger partial charge >= 0.3 is 0 Å². The van der Waals surface area contributed by atoms with Gasteiger partial charge in [-0.1, -0.05) is 158 Å². The van der Waals surface area contributed by atoms with Crippen LogP contribution in [0, 0.1) is 42.9 Å². The molecule has 0 bridgehead atoms. The highest BCUT2D eigenvalue weighted by Crippen LogP contribution is 2.42. The highest BCUT2D eigenvalue weighted by Gasteiger charge is 2.20. The Hall–Kier alpha value is -16.3. The SMILES string of the molecule is CN(c1ccc(C#N)cc1)c1ccc(N(c2ccccc2)c2ccccc2)cc1.CN(c1ccc(N(c2ccccc2)c2ccccc2)cc1)c1ccc([N+](=O)[O-])cc1.CN(c1ccc(N(c2ccccc2)c2ccccc2)cc1)c1cccc(C#N)c1.CN(c1ccc(N(c2ccccc2)c2ccccc2)cc1)c1cccc([N+](=O)[O-])c1. The molecule has 576 valence electrons. The fourth-order valence-corrected chi connectivity index (χ4v) is 13.5. The van der Waals surface area contributed by atoms with E-state index in [1.165, 1.54) is 18.2 Å². The van der Waals surface area contributed by atoms with Crippen molar-refractivity contribution in [1.82, 2.24) is 0 Å². The largest absolute Gasteiger partial charge is 0.345 e. The number of anilines is 20. The highest BCUT2D eigenvalue weighted by molar-refractivity contribution is 5.83. The zero-order chi connectivity index (χ0) is 82.0. The van der Waals surface area contributed by atoms with E-state index in [1.807, 2.05) is 202 Å². The molecular weight excluding hydrogens is 1460 g/mol. The van der Waals surface area contributed by atoms with Crippen LogP contribution in [0.1, 0.15) is 11.1 Å². The van der Waals surface area contributed by atoms with E-state index in [-0.39, 0.29) is 21.2 Å². The Kier molecular flexibility index (Phi) is 26.5. The second kappa shape index (κ2) is 39.2. The molecule has 16 aromatic carbocycles. The molecule has 16 heteroatoms. The lowest BCUT2D eigenvalue weighted by molar-refractivity contribution is -0.385. The Bertz CT molecular complexity index is 5790. The first-order valence-corrected chi connectivity index (χ1v) is 38.2. The van der Waals surface area contributed by atoms with Gasteiger partial charge in [-0.15, -0.1) is 0 Å². The predicted octanol–water partition coefficient (Wildman–Crippen LogP) is 27.3. The Morgan fingerprint density at radius 3 is 0.619 bits per heavy atom. The second-order valence-electron chi connectivity index (χ2n) is 27.2. The molecule has 0 heterocycles. The van der Waals surface area contributed by atoms with Crippen molar-refractivity contribution >= 4 is 125 Å². The molecule has 0 spiro atoms. The number of para-hydroxylation sites is 8. The minimum atomic E-state index is -0.389. The number of nitro benzene ring substituents is 2. The first-order chi connectivity index (χ1) is 57.8. The van der Waals surface area contributed by atoms with Gasteiger partial charge < -0.3 is 39.2 Å². The van der Waals surface area contributed by atoms with Gasteiger partial charge in [0.05, 0.1) is 33.1 Å². The summed E-state index contributed by atoms with van der Waals surface area (Å²) in [6.45, 7) is 0. The molecule has 0 aromatic heterocycles. The van der Waals surface area contributed by atoms with Crippen molar-refractivity contribution < 1.29 is 9.85 Å². The lowest BCUT2D eigenvalue weighted by Crippen LogP contribution is -2.12. The summed E-state index contributed by atoms with van der Waals surface area (Å²) in [5, 5.41) is 40.1. The van der Waals surface area contributed by atoms with Crippen LogP contribution < -0.4 is 39.2 Å². The summed E-state index contributed by atoms with van der Waals surface area (Å²) >= 11 is 0. The molecule has 0 aliphatic rings. The summed E-state index contributed by atoms with van der Waals surface area (Å²) < 4.78 is 0. The highest BCUT2D eigenvalue weighted by atomic mass is 16.6. The molecule has 0 radical (unpaired) electrons. The first-order valence-electron chi connectivity index (χ1n) is 38.2. The number of hydrogen-bond donors (Lipinski definition) is 0. The van der Waals surface area contributed by atoms with Crippen molar-refractivity contribution in [2.75, 3.05) is 67.4 Å². The molecule has 118 heavy (non-hydrogen) atoms. The molecule has 16 aromatic rings. The van der Waals surface area contributed by atoms with Crippen molar-refractivity contribution in [1.29, 1.82) is 10.5 Å². The summed E-state index contributed by atoms with van der Waals surface area (Å²) in [7, 11) is 7.89. The van der Waals surface area contributed by atoms with Gasteiger partial charge in [-0.25, -0.2) is 0 Å². The molecule has 16 nitrogen and oxygen atoms in total. The van der Waals surface area contributed by atoms with E-state index in [9.17, 15) is 20.2 Å². The van der Waals surface area contributed by atoms with Gasteiger partial charge in [0.2, 0.25) is 0 Å². The van der Waals surface area contributed by atoms with Gasteiger partial charge in [0, 0.05) is 166 Å². The molecule has 0 atom stereocenters. The van der Waals surface area contributed by atoms with Crippen LogP contribution in [0.5, 0.6) is 0 Å². The molecule has 16 rings (SSSR count). The van der Waals surface area contributed by atoms with Crippen LogP contribution in [0.25, 0.3) is 0 Å². The number of nitriles is 2. The van der Waals surface area contributed by atoms with Crippen LogP contribution in [0.4, 0.5) is 125 Å². The molecule has 0 aliphatic heterocycles.